The van der Waals surface area contributed by atoms with E-state index in [1.165, 1.54) is 0 Å². The predicted molar refractivity (Wildman–Crippen MR) is 112 cm³/mol. The first-order valence-electron chi connectivity index (χ1n) is 8.97. The molecule has 1 N–H and O–H groups in total. The van der Waals surface area contributed by atoms with Crippen LogP contribution in [0.4, 0.5) is 0 Å². The summed E-state index contributed by atoms with van der Waals surface area (Å²) in [5.74, 6) is 1.26. The van der Waals surface area contributed by atoms with Crippen molar-refractivity contribution in [1.82, 2.24) is 0 Å². The van der Waals surface area contributed by atoms with E-state index in [-0.39, 0.29) is 11.2 Å². The summed E-state index contributed by atoms with van der Waals surface area (Å²) in [5, 5.41) is 13.0. The highest BCUT2D eigenvalue weighted by Crippen LogP contribution is 2.41. The topological polar surface area (TPSA) is 38.7 Å². The molecule has 0 fully saturated rings. The van der Waals surface area contributed by atoms with Gasteiger partial charge in [0.25, 0.3) is 0 Å². The molecule has 0 aliphatic heterocycles. The Balaban J connectivity index is 2.12. The van der Waals surface area contributed by atoms with Crippen LogP contribution in [0.15, 0.2) is 72.8 Å². The zero-order valence-electron chi connectivity index (χ0n) is 16.2. The average Bonchev–Trinajstić information content (AvgIpc) is 2.67. The first-order valence-corrected chi connectivity index (χ1v) is 10.4. The molecule has 0 bridgehead atoms. The lowest BCUT2D eigenvalue weighted by atomic mass is 9.86. The van der Waals surface area contributed by atoms with Gasteiger partial charge in [-0.2, -0.15) is 0 Å². The summed E-state index contributed by atoms with van der Waals surface area (Å²) in [6.07, 6.45) is 0. The standard InChI is InChI=1S/C23H25O3Si/c1-23(2,3)20-15-17(25-4)16-21(24)22(20)26-27(18-11-7-5-8-12-18)19-13-9-6-10-14-19/h5-16,24H,1-4H3. The van der Waals surface area contributed by atoms with Crippen molar-refractivity contribution in [3.05, 3.63) is 78.4 Å². The van der Waals surface area contributed by atoms with Crippen molar-refractivity contribution >= 4 is 19.4 Å². The highest BCUT2D eigenvalue weighted by atomic mass is 28.3. The average molecular weight is 378 g/mol. The lowest BCUT2D eigenvalue weighted by Gasteiger charge is -2.27. The normalized spacial score (nSPS) is 11.4. The van der Waals surface area contributed by atoms with Gasteiger partial charge in [0.1, 0.15) is 5.75 Å². The number of hydrogen-bond donors (Lipinski definition) is 1. The number of benzene rings is 3. The molecule has 3 nitrogen and oxygen atoms in total. The van der Waals surface area contributed by atoms with E-state index in [4.69, 9.17) is 9.16 Å². The van der Waals surface area contributed by atoms with Gasteiger partial charge < -0.3 is 14.3 Å². The molecule has 0 heterocycles. The fourth-order valence-corrected chi connectivity index (χ4v) is 4.91. The molecule has 139 valence electrons. The number of phenolic OH excluding ortho intramolecular Hbond substituents is 1. The first kappa shape index (κ1) is 19.0. The second-order valence-corrected chi connectivity index (χ2v) is 9.45. The molecule has 27 heavy (non-hydrogen) atoms. The molecule has 1 radical (unpaired) electrons. The zero-order chi connectivity index (χ0) is 19.4. The fraction of sp³-hybridized carbons (Fsp3) is 0.217. The Hall–Kier alpha value is -2.72. The van der Waals surface area contributed by atoms with E-state index in [1.54, 1.807) is 13.2 Å². The van der Waals surface area contributed by atoms with Crippen molar-refractivity contribution in [3.63, 3.8) is 0 Å². The molecular weight excluding hydrogens is 352 g/mol. The Kier molecular flexibility index (Phi) is 5.56. The predicted octanol–water partition coefficient (Wildman–Crippen LogP) is 3.88. The number of ether oxygens (including phenoxy) is 1. The van der Waals surface area contributed by atoms with Gasteiger partial charge in [0, 0.05) is 11.6 Å². The van der Waals surface area contributed by atoms with Crippen molar-refractivity contribution in [2.24, 2.45) is 0 Å². The van der Waals surface area contributed by atoms with E-state index in [9.17, 15) is 5.11 Å². The summed E-state index contributed by atoms with van der Waals surface area (Å²) in [6, 6.07) is 24.0. The van der Waals surface area contributed by atoms with Gasteiger partial charge in [-0.05, 0) is 21.9 Å². The molecule has 0 aromatic heterocycles. The lowest BCUT2D eigenvalue weighted by molar-refractivity contribution is 0.394. The SMILES string of the molecule is COc1cc(O)c(O[Si](c2ccccc2)c2ccccc2)c(C(C)(C)C)c1. The second kappa shape index (κ2) is 7.88. The summed E-state index contributed by atoms with van der Waals surface area (Å²) in [5.41, 5.74) is 0.718. The summed E-state index contributed by atoms with van der Waals surface area (Å²) in [4.78, 5) is 0. The van der Waals surface area contributed by atoms with Crippen LogP contribution in [0.25, 0.3) is 0 Å². The van der Waals surface area contributed by atoms with Crippen molar-refractivity contribution in [2.75, 3.05) is 7.11 Å². The third kappa shape index (κ3) is 4.34. The zero-order valence-corrected chi connectivity index (χ0v) is 17.2. The van der Waals surface area contributed by atoms with Gasteiger partial charge in [-0.25, -0.2) is 0 Å². The molecule has 0 saturated heterocycles. The van der Waals surface area contributed by atoms with Gasteiger partial charge in [0.15, 0.2) is 11.5 Å². The number of methoxy groups -OCH3 is 1. The molecule has 0 aliphatic rings. The van der Waals surface area contributed by atoms with Crippen LogP contribution in [-0.4, -0.2) is 21.3 Å². The smallest absolute Gasteiger partial charge is 0.352 e. The van der Waals surface area contributed by atoms with Gasteiger partial charge in [-0.3, -0.25) is 0 Å². The second-order valence-electron chi connectivity index (χ2n) is 7.44. The monoisotopic (exact) mass is 377 g/mol. The first-order chi connectivity index (χ1) is 12.9. The van der Waals surface area contributed by atoms with E-state index >= 15 is 0 Å². The van der Waals surface area contributed by atoms with Gasteiger partial charge in [0.05, 0.1) is 7.11 Å². The minimum absolute atomic E-state index is 0.105. The molecule has 3 aromatic carbocycles. The van der Waals surface area contributed by atoms with Crippen LogP contribution in [-0.2, 0) is 5.41 Å². The minimum atomic E-state index is -1.58. The Labute approximate surface area is 162 Å². The summed E-state index contributed by atoms with van der Waals surface area (Å²) in [7, 11) is 0.0262. The van der Waals surface area contributed by atoms with Crippen LogP contribution in [0.2, 0.25) is 0 Å². The maximum atomic E-state index is 10.7. The molecule has 0 unspecified atom stereocenters. The lowest BCUT2D eigenvalue weighted by Crippen LogP contribution is -2.47. The maximum absolute atomic E-state index is 10.7. The Morgan fingerprint density at radius 2 is 1.33 bits per heavy atom. The van der Waals surface area contributed by atoms with Crippen LogP contribution < -0.4 is 19.5 Å². The fourth-order valence-electron chi connectivity index (χ4n) is 2.94. The molecular formula is C23H25O3Si. The molecule has 0 amide bonds. The van der Waals surface area contributed by atoms with E-state index in [1.807, 2.05) is 42.5 Å². The van der Waals surface area contributed by atoms with Crippen molar-refractivity contribution in [1.29, 1.82) is 0 Å². The molecule has 0 spiro atoms. The van der Waals surface area contributed by atoms with Gasteiger partial charge in [-0.1, -0.05) is 81.4 Å². The Morgan fingerprint density at radius 1 is 0.815 bits per heavy atom. The Morgan fingerprint density at radius 3 is 1.78 bits per heavy atom. The minimum Gasteiger partial charge on any atom is -0.530 e. The third-order valence-electron chi connectivity index (χ3n) is 4.36. The van der Waals surface area contributed by atoms with Crippen LogP contribution in [0.1, 0.15) is 26.3 Å². The Bertz CT molecular complexity index is 847. The van der Waals surface area contributed by atoms with Crippen molar-refractivity contribution in [3.8, 4) is 17.2 Å². The van der Waals surface area contributed by atoms with Gasteiger partial charge in [0.2, 0.25) is 0 Å². The molecule has 0 saturated carbocycles. The number of aromatic hydroxyl groups is 1. The summed E-state index contributed by atoms with van der Waals surface area (Å²) in [6.45, 7) is 6.31. The molecule has 3 rings (SSSR count). The quantitative estimate of drug-likeness (QED) is 0.686. The number of rotatable bonds is 5. The van der Waals surface area contributed by atoms with Crippen molar-refractivity contribution < 1.29 is 14.3 Å². The van der Waals surface area contributed by atoms with Gasteiger partial charge in [-0.15, -0.1) is 0 Å². The highest BCUT2D eigenvalue weighted by Gasteiger charge is 2.28. The van der Waals surface area contributed by atoms with E-state index < -0.39 is 9.04 Å². The third-order valence-corrected chi connectivity index (χ3v) is 6.49. The van der Waals surface area contributed by atoms with E-state index in [2.05, 4.69) is 45.0 Å². The van der Waals surface area contributed by atoms with Gasteiger partial charge >= 0.3 is 9.04 Å². The molecule has 0 aliphatic carbocycles. The highest BCUT2D eigenvalue weighted by molar-refractivity contribution is 6.80. The van der Waals surface area contributed by atoms with E-state index in [0.717, 1.165) is 15.9 Å². The molecule has 3 aromatic rings. The molecule has 0 atom stereocenters. The maximum Gasteiger partial charge on any atom is 0.352 e. The summed E-state index contributed by atoms with van der Waals surface area (Å²) < 4.78 is 11.9. The largest absolute Gasteiger partial charge is 0.530 e. The van der Waals surface area contributed by atoms with Crippen molar-refractivity contribution in [2.45, 2.75) is 26.2 Å². The van der Waals surface area contributed by atoms with Crippen LogP contribution in [0.5, 0.6) is 17.2 Å². The number of phenols is 1. The van der Waals surface area contributed by atoms with Crippen LogP contribution in [0, 0.1) is 0 Å². The van der Waals surface area contributed by atoms with Crippen LogP contribution in [0.3, 0.4) is 0 Å². The van der Waals surface area contributed by atoms with E-state index in [0.29, 0.717) is 11.5 Å². The molecule has 4 heteroatoms. The summed E-state index contributed by atoms with van der Waals surface area (Å²) >= 11 is 0. The van der Waals surface area contributed by atoms with Crippen LogP contribution >= 0.6 is 0 Å². The number of hydrogen-bond acceptors (Lipinski definition) is 3.